The highest BCUT2D eigenvalue weighted by atomic mass is 16.5. The van der Waals surface area contributed by atoms with Crippen LogP contribution in [0.1, 0.15) is 29.4 Å². The number of carbonyl (C=O) groups is 2. The zero-order valence-corrected chi connectivity index (χ0v) is 15.1. The minimum atomic E-state index is -0.390. The molecule has 4 rings (SSSR count). The molecule has 0 unspecified atom stereocenters. The fourth-order valence-corrected chi connectivity index (χ4v) is 3.37. The first-order valence-electron chi connectivity index (χ1n) is 9.03. The number of carbonyl (C=O) groups excluding carboxylic acids is 2. The molecule has 142 valence electrons. The quantitative estimate of drug-likeness (QED) is 0.754. The van der Waals surface area contributed by atoms with Gasteiger partial charge in [0.1, 0.15) is 12.1 Å². The molecule has 1 aliphatic carbocycles. The molecule has 9 nitrogen and oxygen atoms in total. The molecule has 3 heterocycles. The van der Waals surface area contributed by atoms with Crippen LogP contribution in [0.2, 0.25) is 0 Å². The number of piperazine rings is 1. The van der Waals surface area contributed by atoms with E-state index in [-0.39, 0.29) is 35.7 Å². The number of hydrogen-bond acceptors (Lipinski definition) is 6. The second-order valence-electron chi connectivity index (χ2n) is 6.82. The third-order valence-corrected chi connectivity index (χ3v) is 4.95. The van der Waals surface area contributed by atoms with E-state index in [1.54, 1.807) is 32.7 Å². The molecule has 0 atom stereocenters. The van der Waals surface area contributed by atoms with Crippen molar-refractivity contribution in [3.63, 3.8) is 0 Å². The van der Waals surface area contributed by atoms with Crippen LogP contribution in [-0.4, -0.2) is 76.0 Å². The summed E-state index contributed by atoms with van der Waals surface area (Å²) in [4.78, 5) is 49.6. The molecule has 2 amide bonds. The highest BCUT2D eigenvalue weighted by molar-refractivity contribution is 5.93. The molecular formula is C18H21N5O4. The van der Waals surface area contributed by atoms with Gasteiger partial charge in [-0.3, -0.25) is 19.0 Å². The maximum Gasteiger partial charge on any atom is 0.284 e. The van der Waals surface area contributed by atoms with Crippen LogP contribution in [0.5, 0.6) is 0 Å². The Kier molecular flexibility index (Phi) is 4.61. The van der Waals surface area contributed by atoms with Gasteiger partial charge in [0.25, 0.3) is 11.5 Å². The zero-order chi connectivity index (χ0) is 19.0. The first kappa shape index (κ1) is 17.6. The summed E-state index contributed by atoms with van der Waals surface area (Å²) in [6, 6.07) is 3.59. The van der Waals surface area contributed by atoms with E-state index in [0.29, 0.717) is 37.3 Å². The lowest BCUT2D eigenvalue weighted by Gasteiger charge is -2.34. The third kappa shape index (κ3) is 3.30. The molecule has 1 saturated carbocycles. The summed E-state index contributed by atoms with van der Waals surface area (Å²) in [5.74, 6) is -0.491. The van der Waals surface area contributed by atoms with Crippen molar-refractivity contribution in [3.05, 3.63) is 34.4 Å². The third-order valence-electron chi connectivity index (χ3n) is 4.95. The Hall–Kier alpha value is -2.81. The molecule has 0 aromatic carbocycles. The van der Waals surface area contributed by atoms with Crippen LogP contribution in [0.25, 0.3) is 11.2 Å². The first-order valence-corrected chi connectivity index (χ1v) is 9.03. The van der Waals surface area contributed by atoms with Gasteiger partial charge in [0.05, 0.1) is 0 Å². The van der Waals surface area contributed by atoms with E-state index in [0.717, 1.165) is 12.8 Å². The van der Waals surface area contributed by atoms with Gasteiger partial charge in [-0.25, -0.2) is 9.97 Å². The van der Waals surface area contributed by atoms with E-state index in [4.69, 9.17) is 4.74 Å². The number of fused-ring (bicyclic) bond motifs is 1. The SMILES string of the molecule is COCC(=O)N1CCN(C(=O)c2nc3cccnc3n(C3CC3)c2=O)CC1. The van der Waals surface area contributed by atoms with Crippen LogP contribution in [0.15, 0.2) is 23.1 Å². The van der Waals surface area contributed by atoms with E-state index in [9.17, 15) is 14.4 Å². The lowest BCUT2D eigenvalue weighted by molar-refractivity contribution is -0.136. The number of methoxy groups -OCH3 is 1. The molecule has 2 aromatic rings. The maximum absolute atomic E-state index is 13.0. The Bertz CT molecular complexity index is 944. The smallest absolute Gasteiger partial charge is 0.284 e. The van der Waals surface area contributed by atoms with Crippen molar-refractivity contribution in [3.8, 4) is 0 Å². The summed E-state index contributed by atoms with van der Waals surface area (Å²) in [6.07, 6.45) is 3.44. The Balaban J connectivity index is 1.60. The van der Waals surface area contributed by atoms with Crippen LogP contribution in [0.4, 0.5) is 0 Å². The van der Waals surface area contributed by atoms with E-state index in [1.807, 2.05) is 0 Å². The first-order chi connectivity index (χ1) is 13.1. The number of aromatic nitrogens is 3. The van der Waals surface area contributed by atoms with Gasteiger partial charge < -0.3 is 14.5 Å². The molecule has 0 radical (unpaired) electrons. The fraction of sp³-hybridized carbons (Fsp3) is 0.500. The molecule has 2 fully saturated rings. The summed E-state index contributed by atoms with van der Waals surface area (Å²) in [7, 11) is 1.48. The second-order valence-corrected chi connectivity index (χ2v) is 6.82. The number of rotatable bonds is 4. The molecular weight excluding hydrogens is 350 g/mol. The van der Waals surface area contributed by atoms with Gasteiger partial charge in [-0.1, -0.05) is 0 Å². The van der Waals surface area contributed by atoms with Crippen LogP contribution in [0.3, 0.4) is 0 Å². The van der Waals surface area contributed by atoms with Crippen molar-refractivity contribution in [2.75, 3.05) is 39.9 Å². The van der Waals surface area contributed by atoms with Crippen molar-refractivity contribution in [2.24, 2.45) is 0 Å². The Morgan fingerprint density at radius 1 is 1.19 bits per heavy atom. The summed E-state index contributed by atoms with van der Waals surface area (Å²) in [5.41, 5.74) is 0.614. The van der Waals surface area contributed by atoms with Crippen LogP contribution in [-0.2, 0) is 9.53 Å². The Morgan fingerprint density at radius 2 is 1.89 bits per heavy atom. The molecule has 0 N–H and O–H groups in total. The number of hydrogen-bond donors (Lipinski definition) is 0. The van der Waals surface area contributed by atoms with E-state index in [1.165, 1.54) is 7.11 Å². The normalized spacial score (nSPS) is 17.4. The van der Waals surface area contributed by atoms with Crippen LogP contribution in [0, 0.1) is 0 Å². The predicted molar refractivity (Wildman–Crippen MR) is 96.4 cm³/mol. The standard InChI is InChI=1S/C18H21N5O4/c1-27-11-14(24)21-7-9-22(10-8-21)17(25)15-18(26)23(12-4-5-12)16-13(20-15)3-2-6-19-16/h2-3,6,12H,4-5,7-11H2,1H3. The lowest BCUT2D eigenvalue weighted by Crippen LogP contribution is -2.52. The molecule has 1 saturated heterocycles. The van der Waals surface area contributed by atoms with E-state index >= 15 is 0 Å². The van der Waals surface area contributed by atoms with Crippen LogP contribution < -0.4 is 5.56 Å². The largest absolute Gasteiger partial charge is 0.375 e. The lowest BCUT2D eigenvalue weighted by atomic mass is 10.2. The van der Waals surface area contributed by atoms with E-state index < -0.39 is 0 Å². The predicted octanol–water partition coefficient (Wildman–Crippen LogP) is 0.0572. The molecule has 0 spiro atoms. The Labute approximate surface area is 155 Å². The van der Waals surface area contributed by atoms with Crippen molar-refractivity contribution in [1.29, 1.82) is 0 Å². The molecule has 2 aliphatic rings. The Morgan fingerprint density at radius 3 is 2.56 bits per heavy atom. The second kappa shape index (κ2) is 7.07. The van der Waals surface area contributed by atoms with Gasteiger partial charge in [-0.05, 0) is 25.0 Å². The zero-order valence-electron chi connectivity index (χ0n) is 15.1. The van der Waals surface area contributed by atoms with E-state index in [2.05, 4.69) is 9.97 Å². The molecule has 9 heteroatoms. The topological polar surface area (TPSA) is 97.6 Å². The minimum Gasteiger partial charge on any atom is -0.375 e. The average Bonchev–Trinajstić information content (AvgIpc) is 3.52. The van der Waals surface area contributed by atoms with Gasteiger partial charge in [0, 0.05) is 45.5 Å². The summed E-state index contributed by atoms with van der Waals surface area (Å²) in [6.45, 7) is 1.59. The average molecular weight is 371 g/mol. The summed E-state index contributed by atoms with van der Waals surface area (Å²) >= 11 is 0. The maximum atomic E-state index is 13.0. The number of ether oxygens (including phenoxy) is 1. The van der Waals surface area contributed by atoms with Gasteiger partial charge in [-0.15, -0.1) is 0 Å². The molecule has 1 aliphatic heterocycles. The van der Waals surface area contributed by atoms with Crippen molar-refractivity contribution in [2.45, 2.75) is 18.9 Å². The van der Waals surface area contributed by atoms with Crippen molar-refractivity contribution >= 4 is 23.0 Å². The van der Waals surface area contributed by atoms with Crippen molar-refractivity contribution < 1.29 is 14.3 Å². The molecule has 27 heavy (non-hydrogen) atoms. The molecule has 2 aromatic heterocycles. The van der Waals surface area contributed by atoms with Crippen LogP contribution >= 0.6 is 0 Å². The summed E-state index contributed by atoms with van der Waals surface area (Å²) in [5, 5.41) is 0. The highest BCUT2D eigenvalue weighted by Crippen LogP contribution is 2.35. The molecule has 0 bridgehead atoms. The minimum absolute atomic E-state index is 0.0271. The number of nitrogens with zero attached hydrogens (tertiary/aromatic N) is 5. The van der Waals surface area contributed by atoms with Gasteiger partial charge >= 0.3 is 0 Å². The van der Waals surface area contributed by atoms with Gasteiger partial charge in [-0.2, -0.15) is 0 Å². The van der Waals surface area contributed by atoms with Gasteiger partial charge in [0.15, 0.2) is 11.3 Å². The summed E-state index contributed by atoms with van der Waals surface area (Å²) < 4.78 is 6.47. The number of amides is 2. The highest BCUT2D eigenvalue weighted by Gasteiger charge is 2.32. The number of pyridine rings is 1. The van der Waals surface area contributed by atoms with Gasteiger partial charge in [0.2, 0.25) is 5.91 Å². The van der Waals surface area contributed by atoms with Crippen molar-refractivity contribution in [1.82, 2.24) is 24.3 Å². The fourth-order valence-electron chi connectivity index (χ4n) is 3.37. The monoisotopic (exact) mass is 371 g/mol.